The van der Waals surface area contributed by atoms with Gasteiger partial charge in [-0.15, -0.1) is 0 Å². The Morgan fingerprint density at radius 2 is 2.31 bits per heavy atom. The van der Waals surface area contributed by atoms with Gasteiger partial charge in [-0.25, -0.2) is 9.59 Å². The van der Waals surface area contributed by atoms with Gasteiger partial charge in [0, 0.05) is 18.7 Å². The van der Waals surface area contributed by atoms with E-state index in [1.54, 1.807) is 6.92 Å². The maximum atomic E-state index is 11.2. The third kappa shape index (κ3) is 3.25. The molecular weight excluding hydrogens is 210 g/mol. The van der Waals surface area contributed by atoms with Crippen molar-refractivity contribution in [3.05, 3.63) is 11.6 Å². The number of amides is 1. The fraction of sp³-hybridized carbons (Fsp3) is 0.636. The molecule has 0 bridgehead atoms. The number of hydrogen-bond acceptors (Lipinski definition) is 3. The lowest BCUT2D eigenvalue weighted by Crippen LogP contribution is -2.41. The number of hydrogen-bond donors (Lipinski definition) is 1. The lowest BCUT2D eigenvalue weighted by Gasteiger charge is -2.32. The highest BCUT2D eigenvalue weighted by Crippen LogP contribution is 2.21. The first kappa shape index (κ1) is 12.5. The quantitative estimate of drug-likeness (QED) is 0.575. The Kier molecular flexibility index (Phi) is 4.34. The molecule has 1 aliphatic rings. The molecule has 0 aromatic rings. The smallest absolute Gasteiger partial charge is 0.407 e. The van der Waals surface area contributed by atoms with Crippen LogP contribution < -0.4 is 0 Å². The molecule has 1 saturated heterocycles. The molecule has 1 amide bonds. The molecule has 0 saturated carbocycles. The molecule has 0 aromatic heterocycles. The van der Waals surface area contributed by atoms with Crippen LogP contribution in [-0.4, -0.2) is 41.3 Å². The number of rotatable bonds is 2. The zero-order valence-corrected chi connectivity index (χ0v) is 9.60. The maximum absolute atomic E-state index is 11.2. The van der Waals surface area contributed by atoms with Gasteiger partial charge in [-0.2, -0.15) is 0 Å². The zero-order chi connectivity index (χ0) is 12.1. The SMILES string of the molecule is CCOC(=O)C=C1CCN(C(=O)O)C(C)C1. The molecule has 1 aliphatic heterocycles. The van der Waals surface area contributed by atoms with Crippen molar-refractivity contribution >= 4 is 12.1 Å². The molecular formula is C11H17NO4. The van der Waals surface area contributed by atoms with Gasteiger partial charge in [0.2, 0.25) is 0 Å². The molecule has 5 heteroatoms. The minimum atomic E-state index is -0.900. The van der Waals surface area contributed by atoms with Gasteiger partial charge in [0.15, 0.2) is 0 Å². The second-order valence-electron chi connectivity index (χ2n) is 3.83. The predicted octanol–water partition coefficient (Wildman–Crippen LogP) is 1.64. The van der Waals surface area contributed by atoms with Crippen molar-refractivity contribution in [3.63, 3.8) is 0 Å². The van der Waals surface area contributed by atoms with Gasteiger partial charge >= 0.3 is 12.1 Å². The minimum Gasteiger partial charge on any atom is -0.465 e. The molecule has 0 radical (unpaired) electrons. The van der Waals surface area contributed by atoms with Gasteiger partial charge in [-0.3, -0.25) is 0 Å². The van der Waals surface area contributed by atoms with Crippen LogP contribution in [-0.2, 0) is 9.53 Å². The van der Waals surface area contributed by atoms with Crippen molar-refractivity contribution in [2.45, 2.75) is 32.7 Å². The standard InChI is InChI=1S/C11H17NO4/c1-3-16-10(13)7-9-4-5-12(11(14)15)8(2)6-9/h7-8H,3-6H2,1-2H3,(H,14,15). The minimum absolute atomic E-state index is 0.0769. The molecule has 0 aliphatic carbocycles. The Labute approximate surface area is 94.7 Å². The van der Waals surface area contributed by atoms with Crippen LogP contribution in [0.5, 0.6) is 0 Å². The van der Waals surface area contributed by atoms with Gasteiger partial charge in [-0.05, 0) is 26.7 Å². The topological polar surface area (TPSA) is 66.8 Å². The highest BCUT2D eigenvalue weighted by molar-refractivity contribution is 5.82. The summed E-state index contributed by atoms with van der Waals surface area (Å²) in [5.74, 6) is -0.339. The van der Waals surface area contributed by atoms with Crippen LogP contribution in [0.1, 0.15) is 26.7 Å². The van der Waals surface area contributed by atoms with Gasteiger partial charge in [-0.1, -0.05) is 5.57 Å². The van der Waals surface area contributed by atoms with Crippen molar-refractivity contribution in [2.24, 2.45) is 0 Å². The summed E-state index contributed by atoms with van der Waals surface area (Å²) in [6, 6.07) is -0.0769. The van der Waals surface area contributed by atoms with E-state index in [4.69, 9.17) is 9.84 Å². The molecule has 16 heavy (non-hydrogen) atoms. The third-order valence-electron chi connectivity index (χ3n) is 2.62. The molecule has 1 N–H and O–H groups in total. The Balaban J connectivity index is 2.57. The summed E-state index contributed by atoms with van der Waals surface area (Å²) in [4.78, 5) is 23.4. The lowest BCUT2D eigenvalue weighted by atomic mass is 9.98. The molecule has 5 nitrogen and oxygen atoms in total. The second-order valence-corrected chi connectivity index (χ2v) is 3.83. The van der Waals surface area contributed by atoms with Crippen LogP contribution in [0.4, 0.5) is 4.79 Å². The van der Waals surface area contributed by atoms with Crippen molar-refractivity contribution in [3.8, 4) is 0 Å². The normalized spacial score (nSPS) is 23.2. The first-order valence-corrected chi connectivity index (χ1v) is 5.40. The van der Waals surface area contributed by atoms with Crippen LogP contribution in [0.3, 0.4) is 0 Å². The molecule has 90 valence electrons. The lowest BCUT2D eigenvalue weighted by molar-refractivity contribution is -0.137. The summed E-state index contributed by atoms with van der Waals surface area (Å²) in [6.07, 6.45) is 1.79. The zero-order valence-electron chi connectivity index (χ0n) is 9.60. The second kappa shape index (κ2) is 5.53. The maximum Gasteiger partial charge on any atom is 0.407 e. The molecule has 1 unspecified atom stereocenters. The van der Waals surface area contributed by atoms with Crippen molar-refractivity contribution in [1.29, 1.82) is 0 Å². The summed E-state index contributed by atoms with van der Waals surface area (Å²) in [5.41, 5.74) is 0.962. The van der Waals surface area contributed by atoms with E-state index in [9.17, 15) is 9.59 Å². The van der Waals surface area contributed by atoms with Crippen molar-refractivity contribution in [1.82, 2.24) is 4.90 Å². The summed E-state index contributed by atoms with van der Waals surface area (Å²) in [7, 11) is 0. The van der Waals surface area contributed by atoms with E-state index in [-0.39, 0.29) is 12.0 Å². The average Bonchev–Trinajstić information content (AvgIpc) is 2.17. The fourth-order valence-corrected chi connectivity index (χ4v) is 1.84. The van der Waals surface area contributed by atoms with Gasteiger partial charge in [0.25, 0.3) is 0 Å². The van der Waals surface area contributed by atoms with E-state index < -0.39 is 6.09 Å². The number of ether oxygens (including phenoxy) is 1. The van der Waals surface area contributed by atoms with Crippen LogP contribution in [0.15, 0.2) is 11.6 Å². The Bertz CT molecular complexity index is 311. The third-order valence-corrected chi connectivity index (χ3v) is 2.62. The van der Waals surface area contributed by atoms with Crippen LogP contribution >= 0.6 is 0 Å². The molecule has 1 heterocycles. The number of esters is 1. The summed E-state index contributed by atoms with van der Waals surface area (Å²) >= 11 is 0. The number of nitrogens with zero attached hydrogens (tertiary/aromatic N) is 1. The van der Waals surface area contributed by atoms with Crippen LogP contribution in [0.2, 0.25) is 0 Å². The molecule has 0 aromatic carbocycles. The van der Waals surface area contributed by atoms with Crippen molar-refractivity contribution in [2.75, 3.05) is 13.2 Å². The molecule has 1 fully saturated rings. The van der Waals surface area contributed by atoms with E-state index in [0.717, 1.165) is 5.57 Å². The van der Waals surface area contributed by atoms with Gasteiger partial charge in [0.1, 0.15) is 0 Å². The summed E-state index contributed by atoms with van der Waals surface area (Å²) in [6.45, 7) is 4.40. The molecule has 0 spiro atoms. The molecule has 1 atom stereocenters. The number of carboxylic acid groups (broad SMARTS) is 1. The predicted molar refractivity (Wildman–Crippen MR) is 58.1 cm³/mol. The average molecular weight is 227 g/mol. The van der Waals surface area contributed by atoms with Gasteiger partial charge < -0.3 is 14.7 Å². The highest BCUT2D eigenvalue weighted by Gasteiger charge is 2.25. The highest BCUT2D eigenvalue weighted by atomic mass is 16.5. The Morgan fingerprint density at radius 3 is 2.81 bits per heavy atom. The summed E-state index contributed by atoms with van der Waals surface area (Å²) < 4.78 is 4.81. The largest absolute Gasteiger partial charge is 0.465 e. The van der Waals surface area contributed by atoms with E-state index in [2.05, 4.69) is 0 Å². The van der Waals surface area contributed by atoms with Gasteiger partial charge in [0.05, 0.1) is 6.61 Å². The van der Waals surface area contributed by atoms with E-state index in [1.807, 2.05) is 6.92 Å². The van der Waals surface area contributed by atoms with Crippen LogP contribution in [0.25, 0.3) is 0 Å². The first-order valence-electron chi connectivity index (χ1n) is 5.40. The van der Waals surface area contributed by atoms with E-state index in [1.165, 1.54) is 11.0 Å². The van der Waals surface area contributed by atoms with E-state index in [0.29, 0.717) is 26.0 Å². The first-order chi connectivity index (χ1) is 7.54. The van der Waals surface area contributed by atoms with E-state index >= 15 is 0 Å². The number of carbonyl (C=O) groups is 2. The summed E-state index contributed by atoms with van der Waals surface area (Å²) in [5, 5.41) is 8.88. The number of piperidine rings is 1. The monoisotopic (exact) mass is 227 g/mol. The van der Waals surface area contributed by atoms with Crippen molar-refractivity contribution < 1.29 is 19.4 Å². The molecule has 1 rings (SSSR count). The Hall–Kier alpha value is -1.52. The number of likely N-dealkylation sites (tertiary alicyclic amines) is 1. The van der Waals surface area contributed by atoms with Crippen LogP contribution in [0, 0.1) is 0 Å². The number of carbonyl (C=O) groups excluding carboxylic acids is 1. The fourth-order valence-electron chi connectivity index (χ4n) is 1.84. The Morgan fingerprint density at radius 1 is 1.62 bits per heavy atom.